The van der Waals surface area contributed by atoms with E-state index >= 15 is 0 Å². The van der Waals surface area contributed by atoms with Crippen LogP contribution in [0.4, 0.5) is 0 Å². The van der Waals surface area contributed by atoms with Crippen molar-refractivity contribution in [1.82, 2.24) is 30.4 Å². The normalized spacial score (nSPS) is 14.5. The number of amides is 1. The minimum Gasteiger partial charge on any atom is -0.478 e. The molecule has 0 radical (unpaired) electrons. The highest BCUT2D eigenvalue weighted by Crippen LogP contribution is 2.30. The summed E-state index contributed by atoms with van der Waals surface area (Å²) in [6, 6.07) is 15.6. The van der Waals surface area contributed by atoms with E-state index in [2.05, 4.69) is 25.6 Å². The lowest BCUT2D eigenvalue weighted by Gasteiger charge is -2.07. The van der Waals surface area contributed by atoms with Crippen LogP contribution in [0.5, 0.6) is 0 Å². The number of carboxylic acids is 1. The van der Waals surface area contributed by atoms with Crippen LogP contribution in [-0.4, -0.2) is 47.4 Å². The zero-order chi connectivity index (χ0) is 25.2. The van der Waals surface area contributed by atoms with Crippen LogP contribution >= 0.6 is 10.5 Å². The molecular formula is C25H24N7O3S+. The Morgan fingerprint density at radius 2 is 1.81 bits per heavy atom. The number of carbonyl (C=O) groups excluding carboxylic acids is 1. The monoisotopic (exact) mass is 502 g/mol. The minimum atomic E-state index is -1.04. The van der Waals surface area contributed by atoms with Gasteiger partial charge in [-0.25, -0.2) is 4.79 Å². The van der Waals surface area contributed by atoms with Crippen LogP contribution in [0.3, 0.4) is 0 Å². The van der Waals surface area contributed by atoms with E-state index < -0.39 is 22.3 Å². The van der Waals surface area contributed by atoms with Crippen LogP contribution in [0.2, 0.25) is 0 Å². The molecule has 0 aliphatic heterocycles. The smallest absolute Gasteiger partial charge is 0.372 e. The number of H-pyrrole nitrogens is 1. The van der Waals surface area contributed by atoms with E-state index in [1.165, 1.54) is 0 Å². The number of aryl methyl sites for hydroxylation is 1. The molecular weight excluding hydrogens is 478 g/mol. The van der Waals surface area contributed by atoms with Crippen molar-refractivity contribution in [3.63, 3.8) is 0 Å². The third kappa shape index (κ3) is 4.29. The van der Waals surface area contributed by atoms with Gasteiger partial charge in [-0.05, 0) is 47.7 Å². The van der Waals surface area contributed by atoms with Gasteiger partial charge in [0.15, 0.2) is 0 Å². The lowest BCUT2D eigenvalue weighted by molar-refractivity contribution is -0.133. The van der Waals surface area contributed by atoms with Crippen molar-refractivity contribution in [2.45, 2.75) is 32.6 Å². The van der Waals surface area contributed by atoms with Crippen molar-refractivity contribution in [2.24, 2.45) is 11.2 Å². The molecule has 1 amide bonds. The summed E-state index contributed by atoms with van der Waals surface area (Å²) in [5.74, 6) is -1.02. The predicted octanol–water partition coefficient (Wildman–Crippen LogP) is 3.56. The van der Waals surface area contributed by atoms with Gasteiger partial charge >= 0.3 is 10.8 Å². The molecule has 182 valence electrons. The van der Waals surface area contributed by atoms with Crippen LogP contribution in [0.25, 0.3) is 28.2 Å². The first-order valence-corrected chi connectivity index (χ1v) is 13.2. The number of hydrogen-bond donors (Lipinski definition) is 2. The molecule has 10 nitrogen and oxygen atoms in total. The molecule has 0 fully saturated rings. The molecule has 2 heterocycles. The van der Waals surface area contributed by atoms with E-state index in [-0.39, 0.29) is 5.57 Å². The summed E-state index contributed by atoms with van der Waals surface area (Å²) < 4.78 is 1.70. The zero-order valence-corrected chi connectivity index (χ0v) is 20.6. The fourth-order valence-corrected chi connectivity index (χ4v) is 5.85. The maximum atomic E-state index is 13.0. The Kier molecular flexibility index (Phi) is 6.38. The number of carboxylic acid groups (broad SMARTS) is 1. The van der Waals surface area contributed by atoms with E-state index in [0.717, 1.165) is 33.8 Å². The minimum absolute atomic E-state index is 0.172. The second kappa shape index (κ2) is 9.78. The van der Waals surface area contributed by atoms with Gasteiger partial charge in [-0.15, -0.1) is 20.3 Å². The zero-order valence-electron chi connectivity index (χ0n) is 19.8. The van der Waals surface area contributed by atoms with Crippen molar-refractivity contribution in [3.8, 4) is 28.2 Å². The SMILES string of the molecule is CCc1nn(-c2ccc(-c3ccccc3-c3nn[nH]n3)cc2)c(=NC(=O)C2=C(C(=O)O)CCC2)[s+]1C. The number of aliphatic carboxylic acids is 1. The van der Waals surface area contributed by atoms with Gasteiger partial charge in [0.05, 0.1) is 5.69 Å². The number of aromatic amines is 1. The van der Waals surface area contributed by atoms with Crippen molar-refractivity contribution >= 4 is 22.3 Å². The van der Waals surface area contributed by atoms with Gasteiger partial charge in [0.1, 0.15) is 6.26 Å². The molecule has 2 N–H and O–H groups in total. The van der Waals surface area contributed by atoms with Gasteiger partial charge in [0.2, 0.25) is 5.82 Å². The fraction of sp³-hybridized carbons (Fsp3) is 0.240. The first-order valence-electron chi connectivity index (χ1n) is 11.5. The van der Waals surface area contributed by atoms with Crippen molar-refractivity contribution in [1.29, 1.82) is 0 Å². The van der Waals surface area contributed by atoms with Gasteiger partial charge in [-0.2, -0.15) is 9.90 Å². The summed E-state index contributed by atoms with van der Waals surface area (Å²) in [5, 5.41) is 29.5. The molecule has 0 saturated heterocycles. The summed E-state index contributed by atoms with van der Waals surface area (Å²) in [6.45, 7) is 2.02. The van der Waals surface area contributed by atoms with Crippen LogP contribution in [-0.2, 0) is 22.3 Å². The standard InChI is InChI=1S/C25H23N7O3S/c1-3-21-29-32(25(36(21)2)26-23(33)19-9-6-10-20(19)24(34)35)16-13-11-15(12-14-16)17-7-4-5-8-18(17)22-27-30-31-28-22/h4-5,7-8,11-14H,3,6,9-10H2,1-2H3,(H-,27,28,30,31,34,35)/p+1. The highest BCUT2D eigenvalue weighted by molar-refractivity contribution is 7.27. The van der Waals surface area contributed by atoms with Crippen molar-refractivity contribution in [2.75, 3.05) is 0 Å². The quantitative estimate of drug-likeness (QED) is 0.384. The number of carbonyl (C=O) groups is 2. The number of nitrogens with zero attached hydrogens (tertiary/aromatic N) is 6. The first-order chi connectivity index (χ1) is 17.5. The van der Waals surface area contributed by atoms with Crippen molar-refractivity contribution < 1.29 is 14.7 Å². The van der Waals surface area contributed by atoms with Crippen LogP contribution in [0, 0.1) is 0 Å². The fourth-order valence-electron chi connectivity index (χ4n) is 4.38. The van der Waals surface area contributed by atoms with Gasteiger partial charge in [-0.1, -0.05) is 43.3 Å². The van der Waals surface area contributed by atoms with E-state index in [0.29, 0.717) is 35.5 Å². The Morgan fingerprint density at radius 3 is 2.47 bits per heavy atom. The summed E-state index contributed by atoms with van der Waals surface area (Å²) in [6.07, 6.45) is 4.20. The maximum absolute atomic E-state index is 13.0. The van der Waals surface area contributed by atoms with Gasteiger partial charge in [0.25, 0.3) is 10.9 Å². The molecule has 1 unspecified atom stereocenters. The lowest BCUT2D eigenvalue weighted by atomic mass is 9.99. The Bertz CT molecular complexity index is 1550. The Labute approximate surface area is 209 Å². The van der Waals surface area contributed by atoms with Gasteiger partial charge < -0.3 is 5.11 Å². The van der Waals surface area contributed by atoms with Crippen molar-refractivity contribution in [3.05, 3.63) is 69.5 Å². The van der Waals surface area contributed by atoms with Gasteiger partial charge in [-0.3, -0.25) is 4.79 Å². The highest BCUT2D eigenvalue weighted by atomic mass is 32.2. The molecule has 36 heavy (non-hydrogen) atoms. The molecule has 1 aliphatic carbocycles. The number of aromatic nitrogens is 6. The lowest BCUT2D eigenvalue weighted by Crippen LogP contribution is -2.19. The largest absolute Gasteiger partial charge is 0.478 e. The summed E-state index contributed by atoms with van der Waals surface area (Å²) >= 11 is 0. The molecule has 2 aromatic carbocycles. The molecule has 4 aromatic rings. The predicted molar refractivity (Wildman–Crippen MR) is 134 cm³/mol. The van der Waals surface area contributed by atoms with Crippen LogP contribution in [0.1, 0.15) is 31.2 Å². The number of nitrogens with one attached hydrogen (secondary N) is 1. The van der Waals surface area contributed by atoms with Crippen LogP contribution < -0.4 is 4.80 Å². The first kappa shape index (κ1) is 23.5. The van der Waals surface area contributed by atoms with E-state index in [4.69, 9.17) is 5.10 Å². The van der Waals surface area contributed by atoms with Crippen LogP contribution in [0.15, 0.2) is 64.7 Å². The molecule has 2 aromatic heterocycles. The second-order valence-corrected chi connectivity index (χ2v) is 10.2. The number of benzene rings is 2. The average Bonchev–Trinajstić information content (AvgIpc) is 3.66. The Morgan fingerprint density at radius 1 is 1.08 bits per heavy atom. The topological polar surface area (TPSA) is 139 Å². The third-order valence-electron chi connectivity index (χ3n) is 6.19. The average molecular weight is 503 g/mol. The molecule has 11 heteroatoms. The highest BCUT2D eigenvalue weighted by Gasteiger charge is 2.27. The van der Waals surface area contributed by atoms with E-state index in [1.807, 2.05) is 61.7 Å². The summed E-state index contributed by atoms with van der Waals surface area (Å²) in [5.41, 5.74) is 4.01. The molecule has 0 saturated carbocycles. The maximum Gasteiger partial charge on any atom is 0.372 e. The van der Waals surface area contributed by atoms with Gasteiger partial charge in [0, 0.05) is 33.6 Å². The molecule has 1 aliphatic rings. The number of hydrogen-bond acceptors (Lipinski definition) is 6. The third-order valence-corrected chi connectivity index (χ3v) is 8.08. The molecule has 1 atom stereocenters. The molecule has 0 spiro atoms. The molecule has 0 bridgehead atoms. The number of tetrazole rings is 1. The Hall–Kier alpha value is -4.25. The van der Waals surface area contributed by atoms with E-state index in [1.54, 1.807) is 4.68 Å². The molecule has 5 rings (SSSR count). The van der Waals surface area contributed by atoms with E-state index in [9.17, 15) is 14.7 Å². The second-order valence-electron chi connectivity index (χ2n) is 8.31. The number of rotatable bonds is 6. The summed E-state index contributed by atoms with van der Waals surface area (Å²) in [7, 11) is -0.479. The Balaban J connectivity index is 1.56. The summed E-state index contributed by atoms with van der Waals surface area (Å²) in [4.78, 5) is 29.5.